The molecule has 0 amide bonds. The smallest absolute Gasteiger partial charge is 0.189 e. The van der Waals surface area contributed by atoms with Crippen LogP contribution in [0.1, 0.15) is 37.7 Å². The molecular weight excluding hydrogens is 364 g/mol. The first-order chi connectivity index (χ1) is 13.8. The van der Waals surface area contributed by atoms with Gasteiger partial charge < -0.3 is 9.47 Å². The van der Waals surface area contributed by atoms with E-state index in [2.05, 4.69) is 60.0 Å². The summed E-state index contributed by atoms with van der Waals surface area (Å²) >= 11 is 0. The van der Waals surface area contributed by atoms with Crippen LogP contribution in [0.2, 0.25) is 0 Å². The summed E-state index contributed by atoms with van der Waals surface area (Å²) < 4.78 is 12.2. The maximum atomic E-state index is 6.27. The number of ether oxygens (including phenoxy) is 2. The van der Waals surface area contributed by atoms with Gasteiger partial charge in [-0.3, -0.25) is 0 Å². The molecule has 0 aromatic heterocycles. The van der Waals surface area contributed by atoms with E-state index in [-0.39, 0.29) is 10.9 Å². The number of fused-ring (bicyclic) bond motifs is 1. The molecule has 28 heavy (non-hydrogen) atoms. The highest BCUT2D eigenvalue weighted by molar-refractivity contribution is 8.20. The van der Waals surface area contributed by atoms with E-state index in [0.29, 0.717) is 12.9 Å². The van der Waals surface area contributed by atoms with Crippen molar-refractivity contribution < 1.29 is 9.47 Å². The van der Waals surface area contributed by atoms with E-state index in [1.807, 2.05) is 0 Å². The van der Waals surface area contributed by atoms with Crippen molar-refractivity contribution in [1.82, 2.24) is 0 Å². The second-order valence-corrected chi connectivity index (χ2v) is 11.1. The topological polar surface area (TPSA) is 18.5 Å². The van der Waals surface area contributed by atoms with Crippen molar-refractivity contribution in [1.29, 1.82) is 0 Å². The Morgan fingerprint density at radius 1 is 0.821 bits per heavy atom. The number of hydrogen-bond donors (Lipinski definition) is 1. The van der Waals surface area contributed by atoms with Crippen LogP contribution in [0.3, 0.4) is 0 Å². The van der Waals surface area contributed by atoms with Crippen LogP contribution < -0.4 is 4.74 Å². The van der Waals surface area contributed by atoms with Crippen molar-refractivity contribution in [3.05, 3.63) is 59.5 Å². The second-order valence-electron chi connectivity index (χ2n) is 9.06. The quantitative estimate of drug-likeness (QED) is 0.478. The zero-order valence-corrected chi connectivity index (χ0v) is 17.1. The largest absolute Gasteiger partial charge is 0.468 e. The lowest BCUT2D eigenvalue weighted by Gasteiger charge is -2.53. The van der Waals surface area contributed by atoms with Crippen molar-refractivity contribution in [3.8, 4) is 5.75 Å². The summed E-state index contributed by atoms with van der Waals surface area (Å²) in [6.45, 7) is 0.393. The van der Waals surface area contributed by atoms with Gasteiger partial charge in [0.25, 0.3) is 0 Å². The van der Waals surface area contributed by atoms with E-state index in [1.54, 1.807) is 0 Å². The van der Waals surface area contributed by atoms with E-state index < -0.39 is 0 Å². The highest BCUT2D eigenvalue weighted by Gasteiger charge is 2.48. The van der Waals surface area contributed by atoms with Crippen LogP contribution in [0.25, 0.3) is 6.08 Å². The highest BCUT2D eigenvalue weighted by Crippen LogP contribution is 2.55. The highest BCUT2D eigenvalue weighted by atomic mass is 32.2. The molecule has 1 unspecified atom stereocenters. The number of hydrogen-bond acceptors (Lipinski definition) is 2. The molecule has 2 nitrogen and oxygen atoms in total. The predicted molar refractivity (Wildman–Crippen MR) is 115 cm³/mol. The molecule has 4 bridgehead atoms. The summed E-state index contributed by atoms with van der Waals surface area (Å²) in [7, 11) is -0.366. The Labute approximate surface area is 170 Å². The van der Waals surface area contributed by atoms with Gasteiger partial charge in [0.15, 0.2) is 6.79 Å². The van der Waals surface area contributed by atoms with Crippen LogP contribution in [0.4, 0.5) is 0 Å². The molecule has 4 aliphatic carbocycles. The molecule has 4 fully saturated rings. The van der Waals surface area contributed by atoms with E-state index in [9.17, 15) is 0 Å². The van der Waals surface area contributed by atoms with Gasteiger partial charge >= 0.3 is 0 Å². The minimum absolute atomic E-state index is 0.366. The molecule has 1 atom stereocenters. The average Bonchev–Trinajstić information content (AvgIpc) is 3.14. The van der Waals surface area contributed by atoms with Crippen molar-refractivity contribution in [2.45, 2.75) is 48.0 Å². The zero-order chi connectivity index (χ0) is 18.5. The third-order valence-corrected chi connectivity index (χ3v) is 9.57. The van der Waals surface area contributed by atoms with E-state index in [4.69, 9.17) is 9.47 Å². The molecule has 0 N–H and O–H groups in total. The fraction of sp³-hybridized carbons (Fsp3) is 0.440. The molecule has 0 saturated heterocycles. The Morgan fingerprint density at radius 2 is 1.54 bits per heavy atom. The molecule has 3 heteroatoms. The fourth-order valence-electron chi connectivity index (χ4n) is 6.34. The van der Waals surface area contributed by atoms with Crippen LogP contribution in [0.15, 0.2) is 63.7 Å². The van der Waals surface area contributed by atoms with Gasteiger partial charge in [-0.2, -0.15) is 10.9 Å². The summed E-state index contributed by atoms with van der Waals surface area (Å²) in [5.74, 6) is 4.48. The van der Waals surface area contributed by atoms with Crippen LogP contribution >= 0.6 is 10.9 Å². The monoisotopic (exact) mass is 392 g/mol. The van der Waals surface area contributed by atoms with Crippen LogP contribution in [0, 0.1) is 23.7 Å². The van der Waals surface area contributed by atoms with Crippen LogP contribution in [-0.4, -0.2) is 12.9 Å². The Balaban J connectivity index is 1.07. The summed E-state index contributed by atoms with van der Waals surface area (Å²) in [5, 5.41) is 2.35. The Morgan fingerprint density at radius 3 is 2.29 bits per heavy atom. The number of thiol groups is 1. The standard InChI is InChI=1S/C25H28O2S/c1-2-4-24-19(3-1)9-10-28(24)23-7-5-22(6-8-23)26-16-27-25-20-12-17-11-18(14-20)15-21(25)13-17/h1-10,17-18,20-21,25,28H,11-16H2. The molecule has 7 rings (SSSR count). The van der Waals surface area contributed by atoms with Crippen LogP contribution in [-0.2, 0) is 4.74 Å². The molecular formula is C25H28O2S. The summed E-state index contributed by atoms with van der Waals surface area (Å²) in [5.41, 5.74) is 1.36. The van der Waals surface area contributed by atoms with Gasteiger partial charge in [0.2, 0.25) is 0 Å². The lowest BCUT2D eigenvalue weighted by molar-refractivity contribution is -0.155. The van der Waals surface area contributed by atoms with E-state index in [0.717, 1.165) is 29.4 Å². The zero-order valence-electron chi connectivity index (χ0n) is 16.2. The third-order valence-electron chi connectivity index (χ3n) is 7.34. The van der Waals surface area contributed by atoms with Gasteiger partial charge in [0, 0.05) is 4.90 Å². The van der Waals surface area contributed by atoms with Crippen molar-refractivity contribution in [2.24, 2.45) is 23.7 Å². The molecule has 1 aliphatic heterocycles. The normalized spacial score (nSPS) is 35.9. The van der Waals surface area contributed by atoms with Gasteiger partial charge in [0.1, 0.15) is 5.75 Å². The first-order valence-corrected chi connectivity index (χ1v) is 12.2. The third kappa shape index (κ3) is 3.00. The molecule has 5 aliphatic rings. The molecule has 0 radical (unpaired) electrons. The summed E-state index contributed by atoms with van der Waals surface area (Å²) in [6, 6.07) is 17.4. The first-order valence-electron chi connectivity index (χ1n) is 10.7. The van der Waals surface area contributed by atoms with Gasteiger partial charge in [-0.05, 0) is 108 Å². The molecule has 2 aromatic rings. The van der Waals surface area contributed by atoms with Gasteiger partial charge in [0.05, 0.1) is 6.10 Å². The lowest BCUT2D eigenvalue weighted by Crippen LogP contribution is -2.49. The van der Waals surface area contributed by atoms with Gasteiger partial charge in [-0.25, -0.2) is 0 Å². The molecule has 1 heterocycles. The van der Waals surface area contributed by atoms with Crippen LogP contribution in [0.5, 0.6) is 5.75 Å². The van der Waals surface area contributed by atoms with Crippen molar-refractivity contribution >= 4 is 17.0 Å². The first kappa shape index (κ1) is 17.2. The van der Waals surface area contributed by atoms with E-state index in [1.165, 1.54) is 47.5 Å². The Bertz CT molecular complexity index is 860. The molecule has 4 saturated carbocycles. The van der Waals surface area contributed by atoms with Gasteiger partial charge in [-0.1, -0.05) is 18.2 Å². The summed E-state index contributed by atoms with van der Waals surface area (Å²) in [6.07, 6.45) is 9.76. The van der Waals surface area contributed by atoms with Gasteiger partial charge in [-0.15, -0.1) is 0 Å². The van der Waals surface area contributed by atoms with Crippen molar-refractivity contribution in [2.75, 3.05) is 6.79 Å². The minimum Gasteiger partial charge on any atom is -0.468 e. The molecule has 2 aromatic carbocycles. The fourth-order valence-corrected chi connectivity index (χ4v) is 8.40. The SMILES string of the molecule is C1=C[SH](c2ccc(OCOC3C4CC5CC(C4)CC3C5)cc2)c2ccccc21. The maximum absolute atomic E-state index is 6.27. The average molecular weight is 393 g/mol. The van der Waals surface area contributed by atoms with E-state index >= 15 is 0 Å². The Kier molecular flexibility index (Phi) is 4.27. The van der Waals surface area contributed by atoms with Crippen molar-refractivity contribution in [3.63, 3.8) is 0 Å². The number of rotatable bonds is 5. The lowest BCUT2D eigenvalue weighted by atomic mass is 9.55. The summed E-state index contributed by atoms with van der Waals surface area (Å²) in [4.78, 5) is 2.84. The molecule has 0 spiro atoms. The molecule has 146 valence electrons. The maximum Gasteiger partial charge on any atom is 0.189 e. The predicted octanol–water partition coefficient (Wildman–Crippen LogP) is 6.27. The minimum atomic E-state index is -0.366. The Hall–Kier alpha value is -1.71. The second kappa shape index (κ2) is 6.96. The number of benzene rings is 2.